The molecule has 0 spiro atoms. The molecule has 0 saturated heterocycles. The van der Waals surface area contributed by atoms with Crippen LogP contribution in [-0.4, -0.2) is 23.5 Å². The largest absolute Gasteiger partial charge is 0.481 e. The van der Waals surface area contributed by atoms with Gasteiger partial charge in [0.2, 0.25) is 0 Å². The maximum Gasteiger partial charge on any atom is 0.304 e. The molecular weight excluding hydrogens is 285 g/mol. The highest BCUT2D eigenvalue weighted by Gasteiger charge is 2.33. The minimum absolute atomic E-state index is 0.0236. The van der Waals surface area contributed by atoms with Gasteiger partial charge in [-0.05, 0) is 35.9 Å². The number of hydrogen-bond acceptors (Lipinski definition) is 2. The van der Waals surface area contributed by atoms with Gasteiger partial charge in [0.15, 0.2) is 0 Å². The first-order valence-electron chi connectivity index (χ1n) is 6.94. The summed E-state index contributed by atoms with van der Waals surface area (Å²) >= 11 is 0. The second-order valence-electron chi connectivity index (χ2n) is 5.28. The number of carbonyl (C=O) groups is 2. The van der Waals surface area contributed by atoms with Gasteiger partial charge < -0.3 is 10.0 Å². The highest BCUT2D eigenvalue weighted by atomic mass is 19.1. The van der Waals surface area contributed by atoms with E-state index >= 15 is 0 Å². The second-order valence-corrected chi connectivity index (χ2v) is 5.28. The lowest BCUT2D eigenvalue weighted by molar-refractivity contribution is -0.137. The van der Waals surface area contributed by atoms with Crippen LogP contribution in [0.25, 0.3) is 0 Å². The first-order valence-corrected chi connectivity index (χ1v) is 6.94. The third-order valence-corrected chi connectivity index (χ3v) is 3.83. The van der Waals surface area contributed by atoms with Gasteiger partial charge in [-0.3, -0.25) is 9.59 Å². The monoisotopic (exact) mass is 299 g/mol. The molecular formula is C17H14FNO3. The first-order chi connectivity index (χ1) is 10.6. The average molecular weight is 299 g/mol. The molecule has 0 radical (unpaired) electrons. The van der Waals surface area contributed by atoms with Gasteiger partial charge in [0.05, 0.1) is 6.42 Å². The number of fused-ring (bicyclic) bond motifs is 1. The average Bonchev–Trinajstić information content (AvgIpc) is 2.86. The van der Waals surface area contributed by atoms with Crippen LogP contribution in [0.15, 0.2) is 48.5 Å². The van der Waals surface area contributed by atoms with Crippen LogP contribution in [0.2, 0.25) is 0 Å². The molecule has 4 nitrogen and oxygen atoms in total. The molecule has 22 heavy (non-hydrogen) atoms. The number of hydrogen-bond donors (Lipinski definition) is 1. The maximum atomic E-state index is 13.0. The molecule has 0 aromatic heterocycles. The first kappa shape index (κ1) is 14.3. The standard InChI is InChI=1S/C17H14FNO3/c18-13-7-5-11(6-8-13)17(22)19-10-12(9-16(20)21)14-3-1-2-4-15(14)19/h1-8,12H,9-10H2,(H,20,21). The Bertz CT molecular complexity index is 727. The van der Waals surface area contributed by atoms with Crippen molar-refractivity contribution in [3.05, 3.63) is 65.5 Å². The number of nitrogens with zero attached hydrogens (tertiary/aromatic N) is 1. The molecule has 1 unspecified atom stereocenters. The van der Waals surface area contributed by atoms with E-state index in [0.717, 1.165) is 11.3 Å². The van der Waals surface area contributed by atoms with Crippen molar-refractivity contribution in [2.45, 2.75) is 12.3 Å². The summed E-state index contributed by atoms with van der Waals surface area (Å²) in [7, 11) is 0. The van der Waals surface area contributed by atoms with E-state index in [2.05, 4.69) is 0 Å². The van der Waals surface area contributed by atoms with Gasteiger partial charge in [-0.2, -0.15) is 0 Å². The Morgan fingerprint density at radius 3 is 2.50 bits per heavy atom. The van der Waals surface area contributed by atoms with Crippen LogP contribution < -0.4 is 4.90 Å². The number of anilines is 1. The summed E-state index contributed by atoms with van der Waals surface area (Å²) < 4.78 is 13.0. The van der Waals surface area contributed by atoms with Gasteiger partial charge in [0.25, 0.3) is 5.91 Å². The van der Waals surface area contributed by atoms with Gasteiger partial charge in [0.1, 0.15) is 5.82 Å². The predicted molar refractivity (Wildman–Crippen MR) is 79.5 cm³/mol. The molecule has 1 amide bonds. The molecule has 0 fully saturated rings. The lowest BCUT2D eigenvalue weighted by Gasteiger charge is -2.17. The van der Waals surface area contributed by atoms with Crippen molar-refractivity contribution in [3.63, 3.8) is 0 Å². The third-order valence-electron chi connectivity index (χ3n) is 3.83. The Kier molecular flexibility index (Phi) is 3.63. The van der Waals surface area contributed by atoms with E-state index in [1.54, 1.807) is 11.0 Å². The number of rotatable bonds is 3. The molecule has 1 aliphatic rings. The number of carbonyl (C=O) groups excluding carboxylic acids is 1. The van der Waals surface area contributed by atoms with E-state index in [0.29, 0.717) is 12.1 Å². The molecule has 1 N–H and O–H groups in total. The number of carboxylic acid groups (broad SMARTS) is 1. The minimum atomic E-state index is -0.893. The quantitative estimate of drug-likeness (QED) is 0.947. The summed E-state index contributed by atoms with van der Waals surface area (Å²) in [5.41, 5.74) is 1.97. The summed E-state index contributed by atoms with van der Waals surface area (Å²) in [5.74, 6) is -1.77. The minimum Gasteiger partial charge on any atom is -0.481 e. The van der Waals surface area contributed by atoms with Crippen molar-refractivity contribution in [1.29, 1.82) is 0 Å². The second kappa shape index (κ2) is 5.60. The zero-order chi connectivity index (χ0) is 15.7. The molecule has 0 saturated carbocycles. The number of para-hydroxylation sites is 1. The molecule has 3 rings (SSSR count). The summed E-state index contributed by atoms with van der Waals surface area (Å²) in [6.45, 7) is 0.321. The Morgan fingerprint density at radius 1 is 1.14 bits per heavy atom. The summed E-state index contributed by atoms with van der Waals surface area (Å²) in [6, 6.07) is 12.6. The molecule has 0 bridgehead atoms. The van der Waals surface area contributed by atoms with Crippen LogP contribution in [0.4, 0.5) is 10.1 Å². The van der Waals surface area contributed by atoms with E-state index in [1.165, 1.54) is 24.3 Å². The fraction of sp³-hybridized carbons (Fsp3) is 0.176. The van der Waals surface area contributed by atoms with Crippen LogP contribution in [0.3, 0.4) is 0 Å². The Morgan fingerprint density at radius 2 is 1.82 bits per heavy atom. The van der Waals surface area contributed by atoms with Crippen molar-refractivity contribution in [3.8, 4) is 0 Å². The number of carboxylic acids is 1. The van der Waals surface area contributed by atoms with E-state index in [4.69, 9.17) is 5.11 Å². The lowest BCUT2D eigenvalue weighted by Crippen LogP contribution is -2.30. The van der Waals surface area contributed by atoms with Crippen molar-refractivity contribution < 1.29 is 19.1 Å². The fourth-order valence-corrected chi connectivity index (χ4v) is 2.82. The van der Waals surface area contributed by atoms with Crippen LogP contribution in [0, 0.1) is 5.82 Å². The Labute approximate surface area is 126 Å². The van der Waals surface area contributed by atoms with Crippen molar-refractivity contribution in [2.75, 3.05) is 11.4 Å². The fourth-order valence-electron chi connectivity index (χ4n) is 2.82. The highest BCUT2D eigenvalue weighted by Crippen LogP contribution is 2.38. The Hall–Kier alpha value is -2.69. The molecule has 2 aromatic carbocycles. The number of amides is 1. The van der Waals surface area contributed by atoms with Crippen LogP contribution in [0.5, 0.6) is 0 Å². The van der Waals surface area contributed by atoms with Gasteiger partial charge in [0, 0.05) is 23.7 Å². The van der Waals surface area contributed by atoms with Gasteiger partial charge in [-0.25, -0.2) is 4.39 Å². The molecule has 112 valence electrons. The molecule has 1 atom stereocenters. The van der Waals surface area contributed by atoms with E-state index in [-0.39, 0.29) is 18.2 Å². The van der Waals surface area contributed by atoms with E-state index in [9.17, 15) is 14.0 Å². The van der Waals surface area contributed by atoms with Crippen LogP contribution >= 0.6 is 0 Å². The van der Waals surface area contributed by atoms with Crippen molar-refractivity contribution >= 4 is 17.6 Å². The lowest BCUT2D eigenvalue weighted by atomic mass is 9.98. The van der Waals surface area contributed by atoms with Crippen LogP contribution in [-0.2, 0) is 4.79 Å². The van der Waals surface area contributed by atoms with E-state index < -0.39 is 11.8 Å². The molecule has 1 aliphatic heterocycles. The highest BCUT2D eigenvalue weighted by molar-refractivity contribution is 6.07. The van der Waals surface area contributed by atoms with Crippen molar-refractivity contribution in [2.24, 2.45) is 0 Å². The summed E-state index contributed by atoms with van der Waals surface area (Å²) in [5, 5.41) is 9.03. The Balaban J connectivity index is 1.93. The summed E-state index contributed by atoms with van der Waals surface area (Å²) in [6.07, 6.45) is -0.0236. The normalized spacial score (nSPS) is 16.4. The maximum absolute atomic E-state index is 13.0. The predicted octanol–water partition coefficient (Wildman–Crippen LogP) is 3.04. The molecule has 5 heteroatoms. The SMILES string of the molecule is O=C(O)CC1CN(C(=O)c2ccc(F)cc2)c2ccccc21. The third kappa shape index (κ3) is 2.57. The molecule has 0 aliphatic carbocycles. The van der Waals surface area contributed by atoms with Gasteiger partial charge in [-0.15, -0.1) is 0 Å². The summed E-state index contributed by atoms with van der Waals surface area (Å²) in [4.78, 5) is 25.2. The number of benzene rings is 2. The molecule has 1 heterocycles. The topological polar surface area (TPSA) is 57.6 Å². The van der Waals surface area contributed by atoms with Gasteiger partial charge in [-0.1, -0.05) is 18.2 Å². The molecule has 2 aromatic rings. The van der Waals surface area contributed by atoms with E-state index in [1.807, 2.05) is 18.2 Å². The zero-order valence-corrected chi connectivity index (χ0v) is 11.7. The van der Waals surface area contributed by atoms with Crippen LogP contribution in [0.1, 0.15) is 28.3 Å². The number of halogens is 1. The smallest absolute Gasteiger partial charge is 0.304 e. The number of aliphatic carboxylic acids is 1. The zero-order valence-electron chi connectivity index (χ0n) is 11.7. The van der Waals surface area contributed by atoms with Gasteiger partial charge >= 0.3 is 5.97 Å². The van der Waals surface area contributed by atoms with Crippen molar-refractivity contribution in [1.82, 2.24) is 0 Å².